The van der Waals surface area contributed by atoms with Crippen molar-refractivity contribution in [2.75, 3.05) is 11.9 Å². The lowest BCUT2D eigenvalue weighted by molar-refractivity contribution is 0.0993. The number of nitrogens with one attached hydrogen (secondary N) is 2. The molecule has 3 aromatic rings. The molecule has 1 amide bonds. The Morgan fingerprint density at radius 1 is 1.00 bits per heavy atom. The molecule has 0 saturated heterocycles. The average Bonchev–Trinajstić information content (AvgIpc) is 3.15. The monoisotopic (exact) mass is 467 g/mol. The first-order valence-electron chi connectivity index (χ1n) is 10.7. The van der Waals surface area contributed by atoms with Crippen molar-refractivity contribution >= 4 is 27.5 Å². The van der Waals surface area contributed by atoms with Crippen LogP contribution in [0.2, 0.25) is 0 Å². The standard InChI is InChI=1S/C24H25N3O5S/c28-24(23-18(14-16-31-23)17-32-20-7-3-1-4-8-20)26-19-10-12-21(13-11-19)33(29,30)27-22-9-5-2-6-15-25-22/h1,3-4,7-8,10-14,16H,2,5-6,9,15,17H2,(H,25,27)(H,26,28). The summed E-state index contributed by atoms with van der Waals surface area (Å²) in [7, 11) is -3.73. The molecule has 0 atom stereocenters. The zero-order chi connectivity index (χ0) is 23.1. The van der Waals surface area contributed by atoms with Gasteiger partial charge in [-0.2, -0.15) is 0 Å². The lowest BCUT2D eigenvalue weighted by Gasteiger charge is -2.11. The summed E-state index contributed by atoms with van der Waals surface area (Å²) in [6.45, 7) is 0.810. The maximum atomic E-state index is 12.7. The van der Waals surface area contributed by atoms with E-state index in [1.807, 2.05) is 30.3 Å². The third-order valence-electron chi connectivity index (χ3n) is 5.14. The molecule has 0 aliphatic carbocycles. The highest BCUT2D eigenvalue weighted by Gasteiger charge is 2.19. The van der Waals surface area contributed by atoms with Crippen LogP contribution in [0.3, 0.4) is 0 Å². The predicted octanol–water partition coefficient (Wildman–Crippen LogP) is 4.36. The molecule has 1 aromatic heterocycles. The average molecular weight is 468 g/mol. The number of amidine groups is 1. The van der Waals surface area contributed by atoms with Gasteiger partial charge in [0.2, 0.25) is 0 Å². The van der Waals surface area contributed by atoms with Gasteiger partial charge in [-0.15, -0.1) is 0 Å². The maximum absolute atomic E-state index is 12.7. The highest BCUT2D eigenvalue weighted by molar-refractivity contribution is 7.90. The van der Waals surface area contributed by atoms with E-state index in [-0.39, 0.29) is 17.3 Å². The minimum absolute atomic E-state index is 0.0994. The van der Waals surface area contributed by atoms with Crippen LogP contribution in [-0.2, 0) is 16.6 Å². The molecule has 0 spiro atoms. The normalized spacial score (nSPS) is 14.1. The number of aliphatic imine (C=N–C) groups is 1. The van der Waals surface area contributed by atoms with E-state index in [9.17, 15) is 13.2 Å². The van der Waals surface area contributed by atoms with Crippen LogP contribution in [0.5, 0.6) is 5.75 Å². The van der Waals surface area contributed by atoms with E-state index in [1.54, 1.807) is 6.07 Å². The van der Waals surface area contributed by atoms with Gasteiger partial charge in [-0.1, -0.05) is 24.6 Å². The molecule has 2 aromatic carbocycles. The Hall–Kier alpha value is -3.59. The summed E-state index contributed by atoms with van der Waals surface area (Å²) in [4.78, 5) is 17.1. The highest BCUT2D eigenvalue weighted by Crippen LogP contribution is 2.19. The number of anilines is 1. The van der Waals surface area contributed by atoms with E-state index >= 15 is 0 Å². The van der Waals surface area contributed by atoms with Crippen LogP contribution in [0, 0.1) is 0 Å². The van der Waals surface area contributed by atoms with Gasteiger partial charge in [0.1, 0.15) is 18.2 Å². The molecular weight excluding hydrogens is 442 g/mol. The molecule has 172 valence electrons. The van der Waals surface area contributed by atoms with Gasteiger partial charge >= 0.3 is 0 Å². The van der Waals surface area contributed by atoms with Gasteiger partial charge in [0, 0.05) is 24.2 Å². The van der Waals surface area contributed by atoms with Crippen LogP contribution in [-0.4, -0.2) is 26.7 Å². The van der Waals surface area contributed by atoms with Crippen molar-refractivity contribution in [3.05, 3.63) is 78.3 Å². The van der Waals surface area contributed by atoms with Crippen LogP contribution in [0.4, 0.5) is 5.69 Å². The van der Waals surface area contributed by atoms with Gasteiger partial charge in [-0.05, 0) is 55.3 Å². The van der Waals surface area contributed by atoms with Gasteiger partial charge in [-0.25, -0.2) is 8.42 Å². The molecule has 0 radical (unpaired) electrons. The van der Waals surface area contributed by atoms with Gasteiger partial charge < -0.3 is 14.5 Å². The van der Waals surface area contributed by atoms with Gasteiger partial charge in [0.25, 0.3) is 15.9 Å². The molecule has 9 heteroatoms. The molecule has 8 nitrogen and oxygen atoms in total. The second-order valence-electron chi connectivity index (χ2n) is 7.60. The fraction of sp³-hybridized carbons (Fsp3) is 0.250. The topological polar surface area (TPSA) is 110 Å². The quantitative estimate of drug-likeness (QED) is 0.536. The summed E-state index contributed by atoms with van der Waals surface area (Å²) in [5.74, 6) is 0.863. The smallest absolute Gasteiger partial charge is 0.291 e. The summed E-state index contributed by atoms with van der Waals surface area (Å²) < 4.78 is 38.9. The molecule has 0 fully saturated rings. The second-order valence-corrected chi connectivity index (χ2v) is 9.28. The van der Waals surface area contributed by atoms with Crippen molar-refractivity contribution in [1.29, 1.82) is 0 Å². The summed E-state index contributed by atoms with van der Waals surface area (Å²) >= 11 is 0. The Kier molecular flexibility index (Phi) is 7.09. The van der Waals surface area contributed by atoms with Crippen LogP contribution in [0.25, 0.3) is 0 Å². The van der Waals surface area contributed by atoms with Crippen molar-refractivity contribution in [2.24, 2.45) is 4.99 Å². The van der Waals surface area contributed by atoms with Crippen molar-refractivity contribution in [3.8, 4) is 5.75 Å². The van der Waals surface area contributed by atoms with Crippen LogP contribution in [0.15, 0.2) is 81.2 Å². The molecular formula is C24H25N3O5S. The van der Waals surface area contributed by atoms with Crippen molar-refractivity contribution in [3.63, 3.8) is 0 Å². The molecule has 0 unspecified atom stereocenters. The van der Waals surface area contributed by atoms with Gasteiger partial charge in [0.15, 0.2) is 5.76 Å². The van der Waals surface area contributed by atoms with Crippen LogP contribution in [0.1, 0.15) is 41.8 Å². The molecule has 33 heavy (non-hydrogen) atoms. The molecule has 2 N–H and O–H groups in total. The first-order valence-corrected chi connectivity index (χ1v) is 12.2. The number of rotatable bonds is 7. The summed E-state index contributed by atoms with van der Waals surface area (Å²) in [5.41, 5.74) is 1.04. The number of furan rings is 1. The van der Waals surface area contributed by atoms with Crippen molar-refractivity contribution < 1.29 is 22.4 Å². The fourth-order valence-corrected chi connectivity index (χ4v) is 4.49. The minimum atomic E-state index is -3.73. The number of amides is 1. The third kappa shape index (κ3) is 6.01. The molecule has 1 aliphatic rings. The lowest BCUT2D eigenvalue weighted by Crippen LogP contribution is -2.30. The van der Waals surface area contributed by atoms with E-state index in [0.717, 1.165) is 19.3 Å². The number of ether oxygens (including phenoxy) is 1. The van der Waals surface area contributed by atoms with E-state index < -0.39 is 15.9 Å². The number of hydrogen-bond donors (Lipinski definition) is 2. The zero-order valence-electron chi connectivity index (χ0n) is 18.0. The minimum Gasteiger partial charge on any atom is -0.489 e. The summed E-state index contributed by atoms with van der Waals surface area (Å²) in [6.07, 6.45) is 4.97. The number of benzene rings is 2. The Labute approximate surface area is 192 Å². The van der Waals surface area contributed by atoms with Crippen molar-refractivity contribution in [1.82, 2.24) is 4.72 Å². The molecule has 1 aliphatic heterocycles. The number of nitrogens with zero attached hydrogens (tertiary/aromatic N) is 1. The Balaban J connectivity index is 1.38. The van der Waals surface area contributed by atoms with Crippen molar-refractivity contribution in [2.45, 2.75) is 37.2 Å². The molecule has 0 bridgehead atoms. The third-order valence-corrected chi connectivity index (χ3v) is 6.54. The van der Waals surface area contributed by atoms with Crippen LogP contribution >= 0.6 is 0 Å². The maximum Gasteiger partial charge on any atom is 0.291 e. The van der Waals surface area contributed by atoms with E-state index in [2.05, 4.69) is 15.0 Å². The lowest BCUT2D eigenvalue weighted by atomic mass is 10.2. The number of carbonyl (C=O) groups is 1. The summed E-state index contributed by atoms with van der Waals surface area (Å²) in [6, 6.07) is 16.9. The number of sulfonamides is 1. The van der Waals surface area contributed by atoms with Crippen LogP contribution < -0.4 is 14.8 Å². The molecule has 4 rings (SSSR count). The highest BCUT2D eigenvalue weighted by atomic mass is 32.2. The van der Waals surface area contributed by atoms with Gasteiger partial charge in [0.05, 0.1) is 11.2 Å². The van der Waals surface area contributed by atoms with E-state index in [1.165, 1.54) is 30.5 Å². The van der Waals surface area contributed by atoms with E-state index in [0.29, 0.717) is 35.8 Å². The Morgan fingerprint density at radius 2 is 1.79 bits per heavy atom. The Morgan fingerprint density at radius 3 is 2.58 bits per heavy atom. The zero-order valence-corrected chi connectivity index (χ0v) is 18.8. The molecule has 2 heterocycles. The number of hydrogen-bond acceptors (Lipinski definition) is 6. The van der Waals surface area contributed by atoms with E-state index in [4.69, 9.17) is 9.15 Å². The first-order chi connectivity index (χ1) is 16.0. The largest absolute Gasteiger partial charge is 0.489 e. The summed E-state index contributed by atoms with van der Waals surface area (Å²) in [5, 5.41) is 2.72. The Bertz CT molecular complexity index is 1220. The fourth-order valence-electron chi connectivity index (χ4n) is 3.40. The SMILES string of the molecule is O=C(Nc1ccc(S(=O)(=O)NC2=NCCCCC2)cc1)c1occc1COc1ccccc1. The predicted molar refractivity (Wildman–Crippen MR) is 125 cm³/mol. The second kappa shape index (κ2) is 10.4. The first kappa shape index (κ1) is 22.6. The number of para-hydroxylation sites is 1. The number of carbonyl (C=O) groups excluding carboxylic acids is 1. The molecule has 0 saturated carbocycles. The van der Waals surface area contributed by atoms with Gasteiger partial charge in [-0.3, -0.25) is 14.5 Å².